The summed E-state index contributed by atoms with van der Waals surface area (Å²) in [6, 6.07) is 3.83. The van der Waals surface area contributed by atoms with Crippen molar-refractivity contribution >= 4 is 24.2 Å². The summed E-state index contributed by atoms with van der Waals surface area (Å²) in [5.41, 5.74) is 1.45. The topological polar surface area (TPSA) is 31.4 Å². The van der Waals surface area contributed by atoms with Gasteiger partial charge in [0.15, 0.2) is 0 Å². The minimum atomic E-state index is -0.347. The molecule has 5 heteroatoms. The van der Waals surface area contributed by atoms with Gasteiger partial charge in [-0.2, -0.15) is 0 Å². The van der Waals surface area contributed by atoms with E-state index in [1.165, 1.54) is 19.3 Å². The first kappa shape index (κ1) is 14.4. The molecule has 0 spiro atoms. The molecule has 3 rings (SSSR count). The van der Waals surface area contributed by atoms with E-state index < -0.39 is 0 Å². The van der Waals surface area contributed by atoms with Crippen molar-refractivity contribution in [3.8, 4) is 0 Å². The Bertz CT molecular complexity index is 513. The van der Waals surface area contributed by atoms with Crippen molar-refractivity contribution in [1.82, 2.24) is 4.98 Å². The summed E-state index contributed by atoms with van der Waals surface area (Å²) in [7, 11) is -0.347. The molecule has 108 valence electrons. The van der Waals surface area contributed by atoms with Gasteiger partial charge in [0.2, 0.25) is 0 Å². The van der Waals surface area contributed by atoms with Gasteiger partial charge in [0, 0.05) is 17.1 Å². The molecule has 2 heterocycles. The average Bonchev–Trinajstić information content (AvgIpc) is 2.45. The van der Waals surface area contributed by atoms with Gasteiger partial charge in [0.1, 0.15) is 5.15 Å². The van der Waals surface area contributed by atoms with E-state index in [2.05, 4.69) is 32.7 Å². The van der Waals surface area contributed by atoms with Crippen LogP contribution in [0.5, 0.6) is 0 Å². The van der Waals surface area contributed by atoms with Crippen LogP contribution in [0.3, 0.4) is 0 Å². The van der Waals surface area contributed by atoms with Gasteiger partial charge in [0.25, 0.3) is 0 Å². The van der Waals surface area contributed by atoms with Crippen molar-refractivity contribution in [2.75, 3.05) is 0 Å². The summed E-state index contributed by atoms with van der Waals surface area (Å²) >= 11 is 6.07. The Morgan fingerprint density at radius 3 is 2.25 bits per heavy atom. The number of halogens is 1. The second-order valence-electron chi connectivity index (χ2n) is 6.82. The standard InChI is InChI=1S/C15H21BClNO2/c1-14(2)15(3,4)20-16(19-14)11-8-9-12(17)18-13(11)10-6-5-7-10/h8-10H,5-7H2,1-4H3. The molecule has 1 saturated carbocycles. The van der Waals surface area contributed by atoms with Crippen LogP contribution < -0.4 is 5.46 Å². The lowest BCUT2D eigenvalue weighted by molar-refractivity contribution is 0.00578. The van der Waals surface area contributed by atoms with Crippen molar-refractivity contribution in [2.24, 2.45) is 0 Å². The molecule has 0 atom stereocenters. The predicted octanol–water partition coefficient (Wildman–Crippen LogP) is 3.30. The van der Waals surface area contributed by atoms with Gasteiger partial charge in [-0.05, 0) is 46.6 Å². The molecule has 0 radical (unpaired) electrons. The van der Waals surface area contributed by atoms with Crippen LogP contribution in [0.1, 0.15) is 58.6 Å². The Labute approximate surface area is 126 Å². The van der Waals surface area contributed by atoms with Crippen LogP contribution in [0.15, 0.2) is 12.1 Å². The molecule has 1 saturated heterocycles. The quantitative estimate of drug-likeness (QED) is 0.619. The monoisotopic (exact) mass is 293 g/mol. The smallest absolute Gasteiger partial charge is 0.399 e. The highest BCUT2D eigenvalue weighted by molar-refractivity contribution is 6.62. The number of hydrogen-bond acceptors (Lipinski definition) is 3. The SMILES string of the molecule is CC1(C)OB(c2ccc(Cl)nc2C2CCC2)OC1(C)C. The van der Waals surface area contributed by atoms with Crippen LogP contribution in [0, 0.1) is 0 Å². The third-order valence-electron chi connectivity index (χ3n) is 4.92. The zero-order valence-corrected chi connectivity index (χ0v) is 13.3. The second kappa shape index (κ2) is 4.72. The lowest BCUT2D eigenvalue weighted by atomic mass is 9.71. The van der Waals surface area contributed by atoms with Gasteiger partial charge >= 0.3 is 7.12 Å². The van der Waals surface area contributed by atoms with Crippen LogP contribution in [-0.4, -0.2) is 23.3 Å². The van der Waals surface area contributed by atoms with Crippen LogP contribution in [0.25, 0.3) is 0 Å². The second-order valence-corrected chi connectivity index (χ2v) is 7.21. The first-order chi connectivity index (χ1) is 9.30. The summed E-state index contributed by atoms with van der Waals surface area (Å²) in [5, 5.41) is 0.548. The molecular formula is C15H21BClNO2. The highest BCUT2D eigenvalue weighted by Crippen LogP contribution is 2.39. The molecule has 1 aliphatic heterocycles. The Morgan fingerprint density at radius 1 is 1.15 bits per heavy atom. The summed E-state index contributed by atoms with van der Waals surface area (Å²) in [5.74, 6) is 0.503. The maximum absolute atomic E-state index is 6.14. The maximum atomic E-state index is 6.14. The van der Waals surface area contributed by atoms with Gasteiger partial charge in [0.05, 0.1) is 11.2 Å². The summed E-state index contributed by atoms with van der Waals surface area (Å²) in [4.78, 5) is 4.54. The van der Waals surface area contributed by atoms with Crippen LogP contribution >= 0.6 is 11.6 Å². The molecule has 0 aromatic carbocycles. The van der Waals surface area contributed by atoms with E-state index in [4.69, 9.17) is 20.9 Å². The largest absolute Gasteiger partial charge is 0.496 e. The maximum Gasteiger partial charge on any atom is 0.496 e. The predicted molar refractivity (Wildman–Crippen MR) is 81.6 cm³/mol. The first-order valence-corrected chi connectivity index (χ1v) is 7.70. The molecule has 20 heavy (non-hydrogen) atoms. The molecule has 1 aromatic heterocycles. The molecular weight excluding hydrogens is 272 g/mol. The zero-order chi connectivity index (χ0) is 14.5. The minimum absolute atomic E-state index is 0.325. The summed E-state index contributed by atoms with van der Waals surface area (Å²) < 4.78 is 12.3. The van der Waals surface area contributed by atoms with Crippen molar-refractivity contribution in [3.63, 3.8) is 0 Å². The van der Waals surface area contributed by atoms with Gasteiger partial charge in [-0.1, -0.05) is 24.1 Å². The van der Waals surface area contributed by atoms with Crippen molar-refractivity contribution < 1.29 is 9.31 Å². The van der Waals surface area contributed by atoms with Gasteiger partial charge in [-0.15, -0.1) is 0 Å². The van der Waals surface area contributed by atoms with Gasteiger partial charge < -0.3 is 9.31 Å². The number of hydrogen-bond donors (Lipinski definition) is 0. The molecule has 2 aliphatic rings. The number of pyridine rings is 1. The normalized spacial score (nSPS) is 24.8. The minimum Gasteiger partial charge on any atom is -0.399 e. The number of aromatic nitrogens is 1. The van der Waals surface area contributed by atoms with Gasteiger partial charge in [-0.3, -0.25) is 0 Å². The molecule has 0 N–H and O–H groups in total. The third kappa shape index (κ3) is 2.28. The highest BCUT2D eigenvalue weighted by Gasteiger charge is 2.52. The molecule has 1 aromatic rings. The highest BCUT2D eigenvalue weighted by atomic mass is 35.5. The van der Waals surface area contributed by atoms with E-state index in [1.54, 1.807) is 0 Å². The Morgan fingerprint density at radius 2 is 1.75 bits per heavy atom. The molecule has 3 nitrogen and oxygen atoms in total. The molecule has 0 unspecified atom stereocenters. The van der Waals surface area contributed by atoms with Crippen molar-refractivity contribution in [2.45, 2.75) is 64.1 Å². The fraction of sp³-hybridized carbons (Fsp3) is 0.667. The van der Waals surface area contributed by atoms with E-state index in [0.29, 0.717) is 11.1 Å². The number of rotatable bonds is 2. The van der Waals surface area contributed by atoms with Crippen LogP contribution in [0.2, 0.25) is 5.15 Å². The summed E-state index contributed by atoms with van der Waals surface area (Å²) in [6.07, 6.45) is 3.63. The zero-order valence-electron chi connectivity index (χ0n) is 12.6. The van der Waals surface area contributed by atoms with Gasteiger partial charge in [-0.25, -0.2) is 4.98 Å². The first-order valence-electron chi connectivity index (χ1n) is 7.32. The van der Waals surface area contributed by atoms with E-state index >= 15 is 0 Å². The Kier molecular flexibility index (Phi) is 3.39. The van der Waals surface area contributed by atoms with E-state index in [1.807, 2.05) is 12.1 Å². The third-order valence-corrected chi connectivity index (χ3v) is 5.13. The molecule has 0 amide bonds. The van der Waals surface area contributed by atoms with Crippen molar-refractivity contribution in [3.05, 3.63) is 23.0 Å². The molecule has 0 bridgehead atoms. The number of nitrogens with zero attached hydrogens (tertiary/aromatic N) is 1. The van der Waals surface area contributed by atoms with Crippen LogP contribution in [-0.2, 0) is 9.31 Å². The fourth-order valence-corrected chi connectivity index (χ4v) is 2.79. The molecule has 1 aliphatic carbocycles. The fourth-order valence-electron chi connectivity index (χ4n) is 2.64. The summed E-state index contributed by atoms with van der Waals surface area (Å²) in [6.45, 7) is 8.28. The lowest BCUT2D eigenvalue weighted by Crippen LogP contribution is -2.41. The van der Waals surface area contributed by atoms with E-state index in [0.717, 1.165) is 11.2 Å². The van der Waals surface area contributed by atoms with Crippen LogP contribution in [0.4, 0.5) is 0 Å². The Hall–Kier alpha value is -0.575. The average molecular weight is 294 g/mol. The molecule has 2 fully saturated rings. The van der Waals surface area contributed by atoms with E-state index in [9.17, 15) is 0 Å². The van der Waals surface area contributed by atoms with Crippen molar-refractivity contribution in [1.29, 1.82) is 0 Å². The lowest BCUT2D eigenvalue weighted by Gasteiger charge is -2.32. The van der Waals surface area contributed by atoms with E-state index in [-0.39, 0.29) is 18.3 Å². The Balaban J connectivity index is 1.95.